The van der Waals surface area contributed by atoms with Crippen molar-refractivity contribution in [1.82, 2.24) is 14.8 Å². The van der Waals surface area contributed by atoms with E-state index in [0.29, 0.717) is 0 Å². The molecule has 0 atom stereocenters. The maximum Gasteiger partial charge on any atom is 0.392 e. The van der Waals surface area contributed by atoms with E-state index in [2.05, 4.69) is 10.1 Å². The number of rotatable bonds is 5. The zero-order chi connectivity index (χ0) is 16.3. The Kier molecular flexibility index (Phi) is 4.55. The Morgan fingerprint density at radius 2 is 2.09 bits per heavy atom. The van der Waals surface area contributed by atoms with Crippen molar-refractivity contribution in [1.29, 1.82) is 0 Å². The molecule has 0 aliphatic rings. The van der Waals surface area contributed by atoms with Crippen molar-refractivity contribution in [3.8, 4) is 11.7 Å². The monoisotopic (exact) mass is 335 g/mol. The molecule has 0 spiro atoms. The summed E-state index contributed by atoms with van der Waals surface area (Å²) in [5, 5.41) is 12.5. The molecule has 0 bridgehead atoms. The molecule has 0 saturated carbocycles. The van der Waals surface area contributed by atoms with Crippen LogP contribution >= 0.6 is 11.6 Å². The molecule has 6 nitrogen and oxygen atoms in total. The summed E-state index contributed by atoms with van der Waals surface area (Å²) in [5.41, 5.74) is -0.167. The van der Waals surface area contributed by atoms with Crippen LogP contribution in [0.4, 0.5) is 13.2 Å². The minimum Gasteiger partial charge on any atom is -0.478 e. The fraction of sp³-hybridized carbons (Fsp3) is 0.250. The third-order valence-corrected chi connectivity index (χ3v) is 2.79. The van der Waals surface area contributed by atoms with Crippen molar-refractivity contribution >= 4 is 17.6 Å². The van der Waals surface area contributed by atoms with Gasteiger partial charge in [0.1, 0.15) is 5.15 Å². The molecule has 0 radical (unpaired) electrons. The normalized spacial score (nSPS) is 11.5. The number of carboxylic acid groups (broad SMARTS) is 1. The molecular weight excluding hydrogens is 327 g/mol. The summed E-state index contributed by atoms with van der Waals surface area (Å²) in [6.45, 7) is -0.549. The van der Waals surface area contributed by atoms with Crippen LogP contribution in [0.25, 0.3) is 5.82 Å². The number of pyridine rings is 1. The zero-order valence-corrected chi connectivity index (χ0v) is 11.6. The molecule has 22 heavy (non-hydrogen) atoms. The van der Waals surface area contributed by atoms with E-state index in [4.69, 9.17) is 21.4 Å². The topological polar surface area (TPSA) is 77.2 Å². The van der Waals surface area contributed by atoms with E-state index in [9.17, 15) is 18.0 Å². The van der Waals surface area contributed by atoms with Gasteiger partial charge < -0.3 is 9.84 Å². The number of halogens is 4. The highest BCUT2D eigenvalue weighted by atomic mass is 35.5. The Morgan fingerprint density at radius 3 is 2.68 bits per heavy atom. The van der Waals surface area contributed by atoms with Crippen LogP contribution in [0, 0.1) is 0 Å². The molecule has 1 N–H and O–H groups in total. The Hall–Kier alpha value is -2.29. The van der Waals surface area contributed by atoms with Crippen molar-refractivity contribution < 1.29 is 27.8 Å². The molecule has 0 aromatic carbocycles. The molecule has 10 heteroatoms. The number of carboxylic acids is 1. The standard InChI is InChI=1S/C12H9ClF3N3O3/c13-10-7(11(20)21)1-2-8(17-10)19-5-3-9(18-19)22-6-4-12(14,15)16/h1-3,5H,4,6H2,(H,20,21). The first kappa shape index (κ1) is 16.1. The maximum absolute atomic E-state index is 12.0. The lowest BCUT2D eigenvalue weighted by Gasteiger charge is -2.06. The number of carbonyl (C=O) groups is 1. The maximum atomic E-state index is 12.0. The van der Waals surface area contributed by atoms with E-state index in [1.165, 1.54) is 29.1 Å². The zero-order valence-electron chi connectivity index (χ0n) is 10.8. The van der Waals surface area contributed by atoms with Gasteiger partial charge in [0.15, 0.2) is 5.82 Å². The van der Waals surface area contributed by atoms with Crippen molar-refractivity contribution in [3.05, 3.63) is 35.1 Å². The van der Waals surface area contributed by atoms with Crippen LogP contribution in [0.1, 0.15) is 16.8 Å². The van der Waals surface area contributed by atoms with E-state index >= 15 is 0 Å². The van der Waals surface area contributed by atoms with Gasteiger partial charge in [-0.1, -0.05) is 11.6 Å². The molecule has 2 rings (SSSR count). The number of aromatic nitrogens is 3. The largest absolute Gasteiger partial charge is 0.478 e. The quantitative estimate of drug-likeness (QED) is 0.850. The van der Waals surface area contributed by atoms with E-state index in [1.54, 1.807) is 0 Å². The number of nitrogens with zero attached hydrogens (tertiary/aromatic N) is 3. The van der Waals surface area contributed by atoms with Crippen molar-refractivity contribution in [2.75, 3.05) is 6.61 Å². The Balaban J connectivity index is 2.08. The fourth-order valence-corrected chi connectivity index (χ4v) is 1.73. The number of hydrogen-bond acceptors (Lipinski definition) is 4. The van der Waals surface area contributed by atoms with E-state index < -0.39 is 25.2 Å². The minimum absolute atomic E-state index is 0.00974. The van der Waals surface area contributed by atoms with Gasteiger partial charge in [-0.25, -0.2) is 14.5 Å². The molecule has 0 fully saturated rings. The molecule has 118 valence electrons. The summed E-state index contributed by atoms with van der Waals surface area (Å²) in [4.78, 5) is 14.7. The third kappa shape index (κ3) is 4.10. The van der Waals surface area contributed by atoms with Gasteiger partial charge in [0.2, 0.25) is 5.88 Å². The molecule has 0 aliphatic carbocycles. The first-order chi connectivity index (χ1) is 10.3. The first-order valence-electron chi connectivity index (χ1n) is 5.92. The SMILES string of the molecule is O=C(O)c1ccc(-n2ccc(OCCC(F)(F)F)n2)nc1Cl. The van der Waals surface area contributed by atoms with Gasteiger partial charge >= 0.3 is 12.1 Å². The van der Waals surface area contributed by atoms with Gasteiger partial charge in [-0.15, -0.1) is 5.10 Å². The lowest BCUT2D eigenvalue weighted by molar-refractivity contribution is -0.139. The van der Waals surface area contributed by atoms with Gasteiger partial charge in [-0.3, -0.25) is 0 Å². The second-order valence-corrected chi connectivity index (χ2v) is 4.48. The molecule has 2 aromatic heterocycles. The summed E-state index contributed by atoms with van der Waals surface area (Å²) in [5.74, 6) is -1.02. The van der Waals surface area contributed by atoms with Crippen molar-refractivity contribution in [2.45, 2.75) is 12.6 Å². The summed E-state index contributed by atoms with van der Waals surface area (Å²) < 4.78 is 42.1. The van der Waals surface area contributed by atoms with Crippen LogP contribution in [0.15, 0.2) is 24.4 Å². The third-order valence-electron chi connectivity index (χ3n) is 2.50. The summed E-state index contributed by atoms with van der Waals surface area (Å²) in [6.07, 6.45) is -3.98. The van der Waals surface area contributed by atoms with Crippen LogP contribution in [0.5, 0.6) is 5.88 Å². The molecule has 0 unspecified atom stereocenters. The van der Waals surface area contributed by atoms with Crippen LogP contribution in [0.3, 0.4) is 0 Å². The average Bonchev–Trinajstić information content (AvgIpc) is 2.85. The molecule has 0 saturated heterocycles. The summed E-state index contributed by atoms with van der Waals surface area (Å²) in [6, 6.07) is 3.97. The Labute approximate surface area is 127 Å². The summed E-state index contributed by atoms with van der Waals surface area (Å²) in [7, 11) is 0. The highest BCUT2D eigenvalue weighted by Crippen LogP contribution is 2.20. The van der Waals surface area contributed by atoms with Gasteiger partial charge in [0.05, 0.1) is 18.6 Å². The molecule has 2 heterocycles. The predicted octanol–water partition coefficient (Wildman–Crippen LogP) is 2.95. The number of aromatic carboxylic acids is 1. The van der Waals surface area contributed by atoms with Gasteiger partial charge in [0, 0.05) is 12.3 Å². The minimum atomic E-state index is -4.30. The average molecular weight is 336 g/mol. The van der Waals surface area contributed by atoms with Crippen molar-refractivity contribution in [2.24, 2.45) is 0 Å². The number of alkyl halides is 3. The number of hydrogen-bond donors (Lipinski definition) is 1. The highest BCUT2D eigenvalue weighted by molar-refractivity contribution is 6.32. The molecule has 0 amide bonds. The van der Waals surface area contributed by atoms with Gasteiger partial charge in [-0.05, 0) is 12.1 Å². The van der Waals surface area contributed by atoms with Crippen LogP contribution in [-0.2, 0) is 0 Å². The molecule has 2 aromatic rings. The van der Waals surface area contributed by atoms with Crippen LogP contribution in [0.2, 0.25) is 5.15 Å². The lowest BCUT2D eigenvalue weighted by Crippen LogP contribution is -2.13. The smallest absolute Gasteiger partial charge is 0.392 e. The summed E-state index contributed by atoms with van der Waals surface area (Å²) >= 11 is 5.73. The molecule has 0 aliphatic heterocycles. The number of ether oxygens (including phenoxy) is 1. The van der Waals surface area contributed by atoms with E-state index in [-0.39, 0.29) is 22.4 Å². The van der Waals surface area contributed by atoms with Crippen molar-refractivity contribution in [3.63, 3.8) is 0 Å². The fourth-order valence-electron chi connectivity index (χ4n) is 1.49. The Morgan fingerprint density at radius 1 is 1.36 bits per heavy atom. The highest BCUT2D eigenvalue weighted by Gasteiger charge is 2.27. The van der Waals surface area contributed by atoms with Gasteiger partial charge in [-0.2, -0.15) is 13.2 Å². The van der Waals surface area contributed by atoms with Gasteiger partial charge in [0.25, 0.3) is 0 Å². The second kappa shape index (κ2) is 6.22. The van der Waals surface area contributed by atoms with E-state index in [0.717, 1.165) is 0 Å². The Bertz CT molecular complexity index is 688. The van der Waals surface area contributed by atoms with E-state index in [1.807, 2.05) is 0 Å². The first-order valence-corrected chi connectivity index (χ1v) is 6.29. The lowest BCUT2D eigenvalue weighted by atomic mass is 10.3. The van der Waals surface area contributed by atoms with Crippen LogP contribution < -0.4 is 4.74 Å². The molecular formula is C12H9ClF3N3O3. The predicted molar refractivity (Wildman–Crippen MR) is 69.5 cm³/mol. The second-order valence-electron chi connectivity index (χ2n) is 4.13. The van der Waals surface area contributed by atoms with Crippen LogP contribution in [-0.4, -0.2) is 38.6 Å².